The van der Waals surface area contributed by atoms with Crippen molar-refractivity contribution in [2.24, 2.45) is 0 Å². The first-order chi connectivity index (χ1) is 23.7. The zero-order chi connectivity index (χ0) is 36.0. The molecule has 2 atom stereocenters. The number of nitrogens with one attached hydrogen (secondary N) is 1. The molecule has 270 valence electrons. The molecule has 50 heavy (non-hydrogen) atoms. The summed E-state index contributed by atoms with van der Waals surface area (Å²) in [7, 11) is -3.21. The summed E-state index contributed by atoms with van der Waals surface area (Å²) in [6.07, 6.45) is -3.55. The molecule has 16 heteroatoms. The van der Waals surface area contributed by atoms with E-state index < -0.39 is 22.3 Å². The number of benzene rings is 1. The smallest absolute Gasteiger partial charge is 0.379 e. The summed E-state index contributed by atoms with van der Waals surface area (Å²) < 4.78 is 67.2. The highest BCUT2D eigenvalue weighted by molar-refractivity contribution is 7.88. The van der Waals surface area contributed by atoms with Gasteiger partial charge < -0.3 is 15.0 Å². The largest absolute Gasteiger partial charge is 0.419 e. The van der Waals surface area contributed by atoms with Gasteiger partial charge in [-0.05, 0) is 62.4 Å². The number of nitrogens with zero attached hydrogens (tertiary/aromatic N) is 7. The number of thiophene rings is 1. The van der Waals surface area contributed by atoms with E-state index in [1.807, 2.05) is 6.07 Å². The van der Waals surface area contributed by atoms with E-state index in [1.54, 1.807) is 6.92 Å². The summed E-state index contributed by atoms with van der Waals surface area (Å²) >= 11 is 0.830. The monoisotopic (exact) mass is 732 g/mol. The molecule has 2 fully saturated rings. The van der Waals surface area contributed by atoms with Gasteiger partial charge in [0.15, 0.2) is 6.10 Å². The van der Waals surface area contributed by atoms with E-state index in [-0.39, 0.29) is 17.0 Å². The van der Waals surface area contributed by atoms with Gasteiger partial charge in [-0.3, -0.25) is 9.80 Å². The highest BCUT2D eigenvalue weighted by atomic mass is 32.2. The van der Waals surface area contributed by atoms with Crippen LogP contribution in [0.15, 0.2) is 24.3 Å². The maximum absolute atomic E-state index is 13.2. The maximum atomic E-state index is 13.2. The van der Waals surface area contributed by atoms with Crippen LogP contribution in [0, 0.1) is 25.2 Å². The van der Waals surface area contributed by atoms with Crippen molar-refractivity contribution in [3.8, 4) is 6.07 Å². The Morgan fingerprint density at radius 1 is 1.08 bits per heavy atom. The summed E-state index contributed by atoms with van der Waals surface area (Å²) in [5.41, 5.74) is 3.96. The van der Waals surface area contributed by atoms with Crippen LogP contribution in [0.5, 0.6) is 0 Å². The molecule has 2 aliphatic rings. The number of likely N-dealkylation sites (tertiary alicyclic amines) is 1. The third-order valence-electron chi connectivity index (χ3n) is 10.1. The first kappa shape index (κ1) is 36.5. The number of halogens is 3. The molecule has 4 aromatic rings. The molecule has 0 radical (unpaired) electrons. The predicted molar refractivity (Wildman–Crippen MR) is 189 cm³/mol. The molecular formula is C34H43F3N8O3S2. The average molecular weight is 733 g/mol. The third kappa shape index (κ3) is 7.63. The second-order valence-electron chi connectivity index (χ2n) is 13.4. The summed E-state index contributed by atoms with van der Waals surface area (Å²) in [6.45, 7) is 11.2. The Morgan fingerprint density at radius 3 is 2.40 bits per heavy atom. The molecule has 5 heterocycles. The van der Waals surface area contributed by atoms with Crippen LogP contribution in [0.1, 0.15) is 59.8 Å². The number of piperazine rings is 1. The molecule has 1 unspecified atom stereocenters. The van der Waals surface area contributed by atoms with Gasteiger partial charge >= 0.3 is 6.18 Å². The lowest BCUT2D eigenvalue weighted by Gasteiger charge is -2.38. The lowest BCUT2D eigenvalue weighted by atomic mass is 10.0. The van der Waals surface area contributed by atoms with Crippen LogP contribution in [-0.4, -0.2) is 106 Å². The maximum Gasteiger partial charge on any atom is 0.419 e. The van der Waals surface area contributed by atoms with Crippen molar-refractivity contribution >= 4 is 48.3 Å². The van der Waals surface area contributed by atoms with Crippen LogP contribution in [0.2, 0.25) is 0 Å². The Morgan fingerprint density at radius 2 is 1.78 bits per heavy atom. The number of piperidine rings is 1. The highest BCUT2D eigenvalue weighted by Gasteiger charge is 2.41. The Labute approximate surface area is 294 Å². The Hall–Kier alpha value is -3.33. The second kappa shape index (κ2) is 14.4. The summed E-state index contributed by atoms with van der Waals surface area (Å²) in [5, 5.41) is 24.9. The van der Waals surface area contributed by atoms with Crippen molar-refractivity contribution in [3.63, 3.8) is 0 Å². The number of nitriles is 1. The summed E-state index contributed by atoms with van der Waals surface area (Å²) in [4.78, 5) is 13.7. The van der Waals surface area contributed by atoms with Crippen molar-refractivity contribution < 1.29 is 26.7 Å². The first-order valence-electron chi connectivity index (χ1n) is 16.9. The molecule has 11 nitrogen and oxygen atoms in total. The first-order valence-corrected chi connectivity index (χ1v) is 19.6. The van der Waals surface area contributed by atoms with Crippen molar-refractivity contribution in [2.75, 3.05) is 50.8 Å². The standard InChI is InChI=1S/C34H43F3N8O3S2/c1-5-25(43-12-14-44(15-13-43)50(4,47)48)20-45-26(18-38)16-27-21(2)23(6-7-29(27)45)19-42-10-8-24(9-11-42)41-32-28-17-30(31(46)34(35,36)37)49-33(28)40-22(3)39-32/h6-7,16-17,24-25,31,46H,5,8-15,19-20H2,1-4H3,(H,39,40,41)/t25-,31?/m0/s1. The van der Waals surface area contributed by atoms with Gasteiger partial charge in [0, 0.05) is 80.2 Å². The number of anilines is 1. The van der Waals surface area contributed by atoms with Gasteiger partial charge in [-0.25, -0.2) is 18.4 Å². The number of hydrogen-bond acceptors (Lipinski definition) is 10. The number of aryl methyl sites for hydroxylation is 2. The van der Waals surface area contributed by atoms with Gasteiger partial charge in [0.1, 0.15) is 28.2 Å². The summed E-state index contributed by atoms with van der Waals surface area (Å²) in [5.74, 6) is 0.938. The van der Waals surface area contributed by atoms with Gasteiger partial charge in [-0.15, -0.1) is 11.3 Å². The number of aliphatic hydroxyl groups is 1. The SMILES string of the molecule is CC[C@@H](Cn1c(C#N)cc2c(C)c(CN3CCC(Nc4nc(C)nc5sc(C(O)C(F)(F)F)cc45)CC3)ccc21)N1CCN(S(C)(=O)=O)CC1. The number of sulfonamides is 1. The number of hydrogen-bond donors (Lipinski definition) is 2. The minimum Gasteiger partial charge on any atom is -0.379 e. The van der Waals surface area contributed by atoms with Crippen LogP contribution in [0.25, 0.3) is 21.1 Å². The van der Waals surface area contributed by atoms with E-state index in [9.17, 15) is 32.0 Å². The van der Waals surface area contributed by atoms with Crippen molar-refractivity contribution in [1.82, 2.24) is 28.6 Å². The predicted octanol–water partition coefficient (Wildman–Crippen LogP) is 5.16. The number of aliphatic hydroxyl groups excluding tert-OH is 1. The van der Waals surface area contributed by atoms with E-state index >= 15 is 0 Å². The molecule has 1 aromatic carbocycles. The van der Waals surface area contributed by atoms with Gasteiger partial charge in [-0.1, -0.05) is 13.0 Å². The Kier molecular flexibility index (Phi) is 10.5. The fraction of sp³-hybridized carbons (Fsp3) is 0.559. The van der Waals surface area contributed by atoms with E-state index in [4.69, 9.17) is 0 Å². The van der Waals surface area contributed by atoms with Gasteiger partial charge in [0.05, 0.1) is 11.6 Å². The molecule has 2 N–H and O–H groups in total. The highest BCUT2D eigenvalue weighted by Crippen LogP contribution is 2.40. The molecule has 0 aliphatic carbocycles. The minimum absolute atomic E-state index is 0.0799. The van der Waals surface area contributed by atoms with Crippen LogP contribution in [0.3, 0.4) is 0 Å². The van der Waals surface area contributed by atoms with Gasteiger partial charge in [0.25, 0.3) is 0 Å². The molecule has 0 saturated carbocycles. The molecule has 2 saturated heterocycles. The zero-order valence-electron chi connectivity index (χ0n) is 28.7. The van der Waals surface area contributed by atoms with Crippen LogP contribution >= 0.6 is 11.3 Å². The van der Waals surface area contributed by atoms with Crippen molar-refractivity contribution in [2.45, 2.75) is 77.5 Å². The van der Waals surface area contributed by atoms with Crippen LogP contribution < -0.4 is 5.32 Å². The molecular weight excluding hydrogens is 690 g/mol. The molecule has 0 spiro atoms. The fourth-order valence-electron chi connectivity index (χ4n) is 7.22. The van der Waals surface area contributed by atoms with E-state index in [1.165, 1.54) is 22.2 Å². The van der Waals surface area contributed by atoms with E-state index in [2.05, 4.69) is 61.7 Å². The fourth-order valence-corrected chi connectivity index (χ4v) is 9.13. The Balaban J connectivity index is 1.11. The molecule has 6 rings (SSSR count). The topological polar surface area (TPSA) is 131 Å². The molecule has 0 amide bonds. The lowest BCUT2D eigenvalue weighted by molar-refractivity contribution is -0.205. The third-order valence-corrected chi connectivity index (χ3v) is 12.5. The lowest BCUT2D eigenvalue weighted by Crippen LogP contribution is -2.52. The minimum atomic E-state index is -4.76. The number of alkyl halides is 3. The van der Waals surface area contributed by atoms with Crippen LogP contribution in [0.4, 0.5) is 19.0 Å². The number of rotatable bonds is 10. The molecule has 2 aliphatic heterocycles. The van der Waals surface area contributed by atoms with Gasteiger partial charge in [-0.2, -0.15) is 22.7 Å². The zero-order valence-corrected chi connectivity index (χ0v) is 30.3. The average Bonchev–Trinajstić information content (AvgIpc) is 3.66. The van der Waals surface area contributed by atoms with E-state index in [0.717, 1.165) is 66.7 Å². The summed E-state index contributed by atoms with van der Waals surface area (Å²) in [6, 6.07) is 10.2. The number of fused-ring (bicyclic) bond motifs is 2. The van der Waals surface area contributed by atoms with Crippen molar-refractivity contribution in [3.05, 3.63) is 51.8 Å². The van der Waals surface area contributed by atoms with Crippen LogP contribution in [-0.2, 0) is 23.1 Å². The van der Waals surface area contributed by atoms with Gasteiger partial charge in [0.2, 0.25) is 10.0 Å². The second-order valence-corrected chi connectivity index (χ2v) is 16.5. The molecule has 3 aromatic heterocycles. The Bertz CT molecular complexity index is 2010. The number of aromatic nitrogens is 3. The van der Waals surface area contributed by atoms with Crippen molar-refractivity contribution in [1.29, 1.82) is 5.26 Å². The normalized spacial score (nSPS) is 18.9. The van der Waals surface area contributed by atoms with E-state index in [0.29, 0.717) is 60.3 Å². The quantitative estimate of drug-likeness (QED) is 0.227. The molecule has 0 bridgehead atoms.